The van der Waals surface area contributed by atoms with Crippen LogP contribution in [0.2, 0.25) is 8.67 Å². The van der Waals surface area contributed by atoms with Crippen molar-refractivity contribution in [2.75, 3.05) is 6.54 Å². The molecule has 0 radical (unpaired) electrons. The Bertz CT molecular complexity index is 388. The first-order valence-corrected chi connectivity index (χ1v) is 6.46. The molecule has 0 spiro atoms. The van der Waals surface area contributed by atoms with Gasteiger partial charge in [0, 0.05) is 0 Å². The zero-order valence-electron chi connectivity index (χ0n) is 7.20. The van der Waals surface area contributed by atoms with Gasteiger partial charge in [0.25, 0.3) is 10.1 Å². The molecule has 1 rings (SSSR count). The van der Waals surface area contributed by atoms with E-state index in [0.29, 0.717) is 0 Å². The van der Waals surface area contributed by atoms with E-state index in [9.17, 15) is 8.42 Å². The summed E-state index contributed by atoms with van der Waals surface area (Å²) in [6.45, 7) is 2.65. The molecule has 1 heterocycles. The topological polar surface area (TPSA) is 80.4 Å². The van der Waals surface area contributed by atoms with Gasteiger partial charge >= 0.3 is 0 Å². The number of thiophene rings is 1. The Balaban J connectivity index is 0.000000500. The normalized spacial score (nSPS) is 10.6. The number of nitrogens with two attached hydrogens (primary N) is 1. The van der Waals surface area contributed by atoms with Gasteiger partial charge in [-0.05, 0) is 12.6 Å². The Hall–Kier alpha value is 0.150. The molecule has 0 aliphatic heterocycles. The average molecular weight is 278 g/mol. The fourth-order valence-electron chi connectivity index (χ4n) is 0.501. The lowest BCUT2D eigenvalue weighted by atomic mass is 10.7. The number of rotatable bonds is 1. The molecule has 0 amide bonds. The minimum Gasteiger partial charge on any atom is -0.331 e. The molecule has 1 aromatic rings. The number of hydrogen-bond acceptors (Lipinski definition) is 4. The SMILES string of the molecule is CCN.O=S(=O)(O)c1cc(Cl)sc1Cl. The zero-order chi connectivity index (χ0) is 11.4. The smallest absolute Gasteiger partial charge is 0.296 e. The van der Waals surface area contributed by atoms with Crippen molar-refractivity contribution in [1.29, 1.82) is 0 Å². The summed E-state index contributed by atoms with van der Waals surface area (Å²) in [7, 11) is -4.22. The van der Waals surface area contributed by atoms with Crippen LogP contribution in [0.4, 0.5) is 0 Å². The molecule has 82 valence electrons. The summed E-state index contributed by atoms with van der Waals surface area (Å²) >= 11 is 11.7. The summed E-state index contributed by atoms with van der Waals surface area (Å²) in [6, 6.07) is 1.10. The molecule has 4 nitrogen and oxygen atoms in total. The van der Waals surface area contributed by atoms with Gasteiger partial charge in [0.15, 0.2) is 0 Å². The quantitative estimate of drug-likeness (QED) is 0.772. The second-order valence-corrected chi connectivity index (χ2v) is 5.75. The summed E-state index contributed by atoms with van der Waals surface area (Å²) in [5.74, 6) is 0. The van der Waals surface area contributed by atoms with Crippen molar-refractivity contribution in [1.82, 2.24) is 0 Å². The van der Waals surface area contributed by atoms with E-state index in [1.807, 2.05) is 6.92 Å². The van der Waals surface area contributed by atoms with Crippen molar-refractivity contribution in [3.63, 3.8) is 0 Å². The van der Waals surface area contributed by atoms with E-state index in [0.717, 1.165) is 23.9 Å². The Morgan fingerprint density at radius 2 is 2.00 bits per heavy atom. The standard InChI is InChI=1S/C4H2Cl2O3S2.C2H7N/c5-3-1-2(4(6)10-3)11(7,8)9;1-2-3/h1H,(H,7,8,9);2-3H2,1H3. The molecule has 0 atom stereocenters. The molecule has 0 aliphatic rings. The zero-order valence-corrected chi connectivity index (χ0v) is 10.3. The predicted octanol–water partition coefficient (Wildman–Crippen LogP) is 2.27. The fraction of sp³-hybridized carbons (Fsp3) is 0.333. The first-order valence-electron chi connectivity index (χ1n) is 3.45. The second-order valence-electron chi connectivity index (χ2n) is 2.07. The minimum absolute atomic E-state index is 0.0301. The third-order valence-corrected chi connectivity index (χ3v) is 3.51. The van der Waals surface area contributed by atoms with Gasteiger partial charge in [-0.3, -0.25) is 4.55 Å². The minimum atomic E-state index is -4.22. The fourth-order valence-corrected chi connectivity index (χ4v) is 3.11. The molecule has 0 fully saturated rings. The highest BCUT2D eigenvalue weighted by Gasteiger charge is 2.17. The maximum Gasteiger partial charge on any atom is 0.296 e. The van der Waals surface area contributed by atoms with Crippen LogP contribution in [0.5, 0.6) is 0 Å². The lowest BCUT2D eigenvalue weighted by molar-refractivity contribution is 0.483. The molecule has 0 unspecified atom stereocenters. The van der Waals surface area contributed by atoms with Crippen LogP contribution in [-0.2, 0) is 10.1 Å². The Kier molecular flexibility index (Phi) is 5.96. The van der Waals surface area contributed by atoms with Crippen molar-refractivity contribution >= 4 is 44.7 Å². The van der Waals surface area contributed by atoms with Gasteiger partial charge in [0.2, 0.25) is 0 Å². The Morgan fingerprint density at radius 3 is 2.14 bits per heavy atom. The molecular formula is C6H9Cl2NO3S2. The molecule has 1 aromatic heterocycles. The lowest BCUT2D eigenvalue weighted by Gasteiger charge is -1.89. The van der Waals surface area contributed by atoms with Crippen LogP contribution in [0.25, 0.3) is 0 Å². The van der Waals surface area contributed by atoms with E-state index in [1.165, 1.54) is 0 Å². The van der Waals surface area contributed by atoms with E-state index in [4.69, 9.17) is 33.5 Å². The van der Waals surface area contributed by atoms with Gasteiger partial charge in [0.1, 0.15) is 9.23 Å². The van der Waals surface area contributed by atoms with Crippen LogP contribution in [0.3, 0.4) is 0 Å². The molecule has 0 saturated carbocycles. The number of hydrogen-bond donors (Lipinski definition) is 2. The van der Waals surface area contributed by atoms with Crippen molar-refractivity contribution in [3.05, 3.63) is 14.7 Å². The van der Waals surface area contributed by atoms with E-state index >= 15 is 0 Å². The maximum atomic E-state index is 10.5. The highest BCUT2D eigenvalue weighted by molar-refractivity contribution is 7.86. The second kappa shape index (κ2) is 5.89. The first kappa shape index (κ1) is 14.2. The molecule has 3 N–H and O–H groups in total. The average Bonchev–Trinajstić information content (AvgIpc) is 2.30. The van der Waals surface area contributed by atoms with Crippen molar-refractivity contribution in [3.8, 4) is 0 Å². The monoisotopic (exact) mass is 277 g/mol. The summed E-state index contributed by atoms with van der Waals surface area (Å²) < 4.78 is 29.7. The van der Waals surface area contributed by atoms with E-state index in [1.54, 1.807) is 0 Å². The van der Waals surface area contributed by atoms with Gasteiger partial charge in [-0.2, -0.15) is 8.42 Å². The summed E-state index contributed by atoms with van der Waals surface area (Å²) in [4.78, 5) is -0.339. The van der Waals surface area contributed by atoms with Crippen LogP contribution >= 0.6 is 34.5 Å². The van der Waals surface area contributed by atoms with Crippen molar-refractivity contribution in [2.45, 2.75) is 11.8 Å². The molecule has 0 saturated heterocycles. The van der Waals surface area contributed by atoms with Crippen LogP contribution < -0.4 is 5.73 Å². The van der Waals surface area contributed by atoms with Gasteiger partial charge in [-0.25, -0.2) is 0 Å². The Morgan fingerprint density at radius 1 is 1.57 bits per heavy atom. The third kappa shape index (κ3) is 4.59. The van der Waals surface area contributed by atoms with E-state index in [-0.39, 0.29) is 13.6 Å². The third-order valence-electron chi connectivity index (χ3n) is 0.903. The van der Waals surface area contributed by atoms with Gasteiger partial charge in [-0.1, -0.05) is 30.1 Å². The first-order chi connectivity index (χ1) is 6.32. The number of halogens is 2. The molecule has 14 heavy (non-hydrogen) atoms. The van der Waals surface area contributed by atoms with Crippen molar-refractivity contribution in [2.24, 2.45) is 5.73 Å². The Labute approximate surface area is 96.4 Å². The van der Waals surface area contributed by atoms with Crippen LogP contribution in [0, 0.1) is 0 Å². The predicted molar refractivity (Wildman–Crippen MR) is 58.9 cm³/mol. The highest BCUT2D eigenvalue weighted by Crippen LogP contribution is 2.33. The largest absolute Gasteiger partial charge is 0.331 e. The van der Waals surface area contributed by atoms with Crippen LogP contribution in [0.15, 0.2) is 11.0 Å². The summed E-state index contributed by atoms with van der Waals surface area (Å²) in [6.07, 6.45) is 0. The summed E-state index contributed by atoms with van der Waals surface area (Å²) in [5.41, 5.74) is 4.85. The summed E-state index contributed by atoms with van der Waals surface area (Å²) in [5, 5.41) is 0. The molecule has 8 heteroatoms. The molecule has 0 aliphatic carbocycles. The van der Waals surface area contributed by atoms with Crippen molar-refractivity contribution < 1.29 is 13.0 Å². The van der Waals surface area contributed by atoms with Crippen LogP contribution in [0.1, 0.15) is 6.92 Å². The lowest BCUT2D eigenvalue weighted by Crippen LogP contribution is -1.95. The molecular weight excluding hydrogens is 269 g/mol. The van der Waals surface area contributed by atoms with Gasteiger partial charge in [0.05, 0.1) is 4.34 Å². The molecule has 0 aromatic carbocycles. The van der Waals surface area contributed by atoms with Crippen LogP contribution in [-0.4, -0.2) is 19.5 Å². The van der Waals surface area contributed by atoms with Gasteiger partial charge < -0.3 is 5.73 Å². The maximum absolute atomic E-state index is 10.5. The van der Waals surface area contributed by atoms with Gasteiger partial charge in [-0.15, -0.1) is 11.3 Å². The van der Waals surface area contributed by atoms with E-state index in [2.05, 4.69) is 0 Å². The van der Waals surface area contributed by atoms with E-state index < -0.39 is 10.1 Å². The molecule has 0 bridgehead atoms. The highest BCUT2D eigenvalue weighted by atomic mass is 35.5.